The number of hydrogen-bond donors (Lipinski definition) is 2. The number of amides is 1. The molecule has 0 radical (unpaired) electrons. The summed E-state index contributed by atoms with van der Waals surface area (Å²) in [4.78, 5) is 11.4. The highest BCUT2D eigenvalue weighted by atomic mass is 32.2. The van der Waals surface area contributed by atoms with Crippen LogP contribution in [0.2, 0.25) is 0 Å². The van der Waals surface area contributed by atoms with Crippen LogP contribution in [-0.4, -0.2) is 36.0 Å². The second-order valence-corrected chi connectivity index (χ2v) is 6.53. The standard InChI is InChI=1S/C10H20N2OS/c1-10(2,3)14-5-4-12-9(13)8-6-11-7-8/h8,11H,4-7H2,1-3H3,(H,12,13). The van der Waals surface area contributed by atoms with E-state index in [-0.39, 0.29) is 11.8 Å². The van der Waals surface area contributed by atoms with E-state index in [2.05, 4.69) is 31.4 Å². The lowest BCUT2D eigenvalue weighted by Crippen LogP contribution is -2.51. The Balaban J connectivity index is 2.00. The van der Waals surface area contributed by atoms with Gasteiger partial charge in [-0.3, -0.25) is 4.79 Å². The fourth-order valence-electron chi connectivity index (χ4n) is 1.15. The molecule has 2 N–H and O–H groups in total. The molecular formula is C10H20N2OS. The van der Waals surface area contributed by atoms with Crippen molar-refractivity contribution in [2.24, 2.45) is 5.92 Å². The zero-order chi connectivity index (χ0) is 10.6. The van der Waals surface area contributed by atoms with Gasteiger partial charge in [-0.25, -0.2) is 0 Å². The summed E-state index contributed by atoms with van der Waals surface area (Å²) in [5.41, 5.74) is 0. The summed E-state index contributed by atoms with van der Waals surface area (Å²) in [6.07, 6.45) is 0. The SMILES string of the molecule is CC(C)(C)SCCNC(=O)C1CNC1. The van der Waals surface area contributed by atoms with E-state index in [0.29, 0.717) is 4.75 Å². The lowest BCUT2D eigenvalue weighted by Gasteiger charge is -2.26. The van der Waals surface area contributed by atoms with Gasteiger partial charge in [0.15, 0.2) is 0 Å². The first kappa shape index (κ1) is 11.9. The van der Waals surface area contributed by atoms with Gasteiger partial charge in [-0.15, -0.1) is 0 Å². The van der Waals surface area contributed by atoms with E-state index in [1.807, 2.05) is 11.8 Å². The third-order valence-corrected chi connectivity index (χ3v) is 3.36. The summed E-state index contributed by atoms with van der Waals surface area (Å²) >= 11 is 1.88. The number of carbonyl (C=O) groups is 1. The molecule has 1 heterocycles. The molecule has 0 atom stereocenters. The highest BCUT2D eigenvalue weighted by molar-refractivity contribution is 8.00. The molecule has 0 aromatic carbocycles. The van der Waals surface area contributed by atoms with E-state index in [1.54, 1.807) is 0 Å². The zero-order valence-corrected chi connectivity index (χ0v) is 10.0. The molecule has 1 aliphatic heterocycles. The molecule has 0 aromatic rings. The quantitative estimate of drug-likeness (QED) is 0.685. The Morgan fingerprint density at radius 3 is 2.57 bits per heavy atom. The van der Waals surface area contributed by atoms with Crippen LogP contribution in [0.5, 0.6) is 0 Å². The minimum Gasteiger partial charge on any atom is -0.355 e. The summed E-state index contributed by atoms with van der Waals surface area (Å²) in [7, 11) is 0. The molecule has 3 nitrogen and oxygen atoms in total. The molecule has 1 aliphatic rings. The van der Waals surface area contributed by atoms with Crippen molar-refractivity contribution >= 4 is 17.7 Å². The molecule has 82 valence electrons. The van der Waals surface area contributed by atoms with Crippen molar-refractivity contribution in [2.75, 3.05) is 25.4 Å². The van der Waals surface area contributed by atoms with E-state index < -0.39 is 0 Å². The zero-order valence-electron chi connectivity index (χ0n) is 9.22. The topological polar surface area (TPSA) is 41.1 Å². The molecule has 1 fully saturated rings. The minimum absolute atomic E-state index is 0.207. The Hall–Kier alpha value is -0.220. The second-order valence-electron chi connectivity index (χ2n) is 4.61. The molecule has 0 bridgehead atoms. The summed E-state index contributed by atoms with van der Waals surface area (Å²) < 4.78 is 0.294. The number of rotatable bonds is 4. The van der Waals surface area contributed by atoms with Crippen LogP contribution in [0.3, 0.4) is 0 Å². The fraction of sp³-hybridized carbons (Fsp3) is 0.900. The first-order valence-electron chi connectivity index (χ1n) is 5.11. The third-order valence-electron chi connectivity index (χ3n) is 2.09. The average molecular weight is 216 g/mol. The largest absolute Gasteiger partial charge is 0.355 e. The summed E-state index contributed by atoms with van der Waals surface area (Å²) in [6.45, 7) is 9.05. The molecule has 4 heteroatoms. The molecular weight excluding hydrogens is 196 g/mol. The summed E-state index contributed by atoms with van der Waals surface area (Å²) in [6, 6.07) is 0. The summed E-state index contributed by atoms with van der Waals surface area (Å²) in [5, 5.41) is 6.05. The van der Waals surface area contributed by atoms with Gasteiger partial charge in [0.2, 0.25) is 5.91 Å². The van der Waals surface area contributed by atoms with Crippen molar-refractivity contribution in [2.45, 2.75) is 25.5 Å². The molecule has 14 heavy (non-hydrogen) atoms. The van der Waals surface area contributed by atoms with Crippen LogP contribution < -0.4 is 10.6 Å². The predicted molar refractivity (Wildman–Crippen MR) is 61.6 cm³/mol. The van der Waals surface area contributed by atoms with Gasteiger partial charge in [0.05, 0.1) is 5.92 Å². The van der Waals surface area contributed by atoms with Gasteiger partial charge in [0.25, 0.3) is 0 Å². The van der Waals surface area contributed by atoms with Gasteiger partial charge < -0.3 is 10.6 Å². The average Bonchev–Trinajstić information content (AvgIpc) is 1.92. The number of carbonyl (C=O) groups excluding carboxylic acids is 1. The number of thioether (sulfide) groups is 1. The highest BCUT2D eigenvalue weighted by Crippen LogP contribution is 2.22. The van der Waals surface area contributed by atoms with Crippen LogP contribution in [0.1, 0.15) is 20.8 Å². The van der Waals surface area contributed by atoms with E-state index in [4.69, 9.17) is 0 Å². The lowest BCUT2D eigenvalue weighted by molar-refractivity contribution is -0.126. The lowest BCUT2D eigenvalue weighted by atomic mass is 10.0. The molecule has 1 amide bonds. The van der Waals surface area contributed by atoms with Crippen molar-refractivity contribution in [3.8, 4) is 0 Å². The van der Waals surface area contributed by atoms with Gasteiger partial charge in [-0.05, 0) is 0 Å². The Labute approximate surface area is 90.4 Å². The Morgan fingerprint density at radius 2 is 2.14 bits per heavy atom. The van der Waals surface area contributed by atoms with Crippen molar-refractivity contribution in [3.63, 3.8) is 0 Å². The van der Waals surface area contributed by atoms with Crippen molar-refractivity contribution in [3.05, 3.63) is 0 Å². The predicted octanol–water partition coefficient (Wildman–Crippen LogP) is 0.854. The van der Waals surface area contributed by atoms with E-state index in [1.165, 1.54) is 0 Å². The van der Waals surface area contributed by atoms with Gasteiger partial charge in [-0.1, -0.05) is 20.8 Å². The molecule has 0 unspecified atom stereocenters. The van der Waals surface area contributed by atoms with Gasteiger partial charge >= 0.3 is 0 Å². The minimum atomic E-state index is 0.207. The van der Waals surface area contributed by atoms with Crippen LogP contribution in [0, 0.1) is 5.92 Å². The molecule has 0 spiro atoms. The van der Waals surface area contributed by atoms with Crippen molar-refractivity contribution < 1.29 is 4.79 Å². The van der Waals surface area contributed by atoms with Gasteiger partial charge in [0, 0.05) is 30.1 Å². The normalized spacial score (nSPS) is 17.6. The molecule has 1 saturated heterocycles. The van der Waals surface area contributed by atoms with E-state index in [9.17, 15) is 4.79 Å². The maximum Gasteiger partial charge on any atom is 0.225 e. The van der Waals surface area contributed by atoms with Crippen LogP contribution in [0.25, 0.3) is 0 Å². The van der Waals surface area contributed by atoms with E-state index >= 15 is 0 Å². The van der Waals surface area contributed by atoms with E-state index in [0.717, 1.165) is 25.4 Å². The van der Waals surface area contributed by atoms with Crippen LogP contribution in [-0.2, 0) is 4.79 Å². The van der Waals surface area contributed by atoms with Crippen LogP contribution in [0.15, 0.2) is 0 Å². The maximum absolute atomic E-state index is 11.4. The maximum atomic E-state index is 11.4. The monoisotopic (exact) mass is 216 g/mol. The number of nitrogens with one attached hydrogen (secondary N) is 2. The molecule has 1 rings (SSSR count). The molecule has 0 aliphatic carbocycles. The Bertz CT molecular complexity index is 197. The second kappa shape index (κ2) is 5.03. The van der Waals surface area contributed by atoms with Crippen molar-refractivity contribution in [1.29, 1.82) is 0 Å². The summed E-state index contributed by atoms with van der Waals surface area (Å²) in [5.74, 6) is 1.42. The smallest absolute Gasteiger partial charge is 0.225 e. The molecule has 0 aromatic heterocycles. The van der Waals surface area contributed by atoms with Crippen LogP contribution in [0.4, 0.5) is 0 Å². The Morgan fingerprint density at radius 1 is 1.50 bits per heavy atom. The number of hydrogen-bond acceptors (Lipinski definition) is 3. The fourth-order valence-corrected chi connectivity index (χ4v) is 1.97. The van der Waals surface area contributed by atoms with Crippen molar-refractivity contribution in [1.82, 2.24) is 10.6 Å². The van der Waals surface area contributed by atoms with Gasteiger partial charge in [-0.2, -0.15) is 11.8 Å². The first-order chi connectivity index (χ1) is 6.49. The van der Waals surface area contributed by atoms with Crippen LogP contribution >= 0.6 is 11.8 Å². The highest BCUT2D eigenvalue weighted by Gasteiger charge is 2.24. The third kappa shape index (κ3) is 4.33. The first-order valence-corrected chi connectivity index (χ1v) is 6.10. The van der Waals surface area contributed by atoms with Gasteiger partial charge in [0.1, 0.15) is 0 Å². The molecule has 0 saturated carbocycles. The Kier molecular flexibility index (Phi) is 4.26.